The number of hydrogen-bond acceptors (Lipinski definition) is 6. The second-order valence-electron chi connectivity index (χ2n) is 5.55. The minimum atomic E-state index is -0.255. The number of tetrazole rings is 1. The fourth-order valence-electron chi connectivity index (χ4n) is 2.93. The van der Waals surface area contributed by atoms with Crippen molar-refractivity contribution in [1.82, 2.24) is 24.9 Å². The highest BCUT2D eigenvalue weighted by atomic mass is 16.5. The molecule has 1 atom stereocenters. The van der Waals surface area contributed by atoms with Gasteiger partial charge in [-0.05, 0) is 48.7 Å². The summed E-state index contributed by atoms with van der Waals surface area (Å²) in [6.45, 7) is 2.79. The van der Waals surface area contributed by atoms with Gasteiger partial charge in [0.05, 0.1) is 13.0 Å². The van der Waals surface area contributed by atoms with E-state index in [0.717, 1.165) is 19.3 Å². The number of nitrogens with zero attached hydrogens (tertiary/aromatic N) is 5. The molecule has 1 aliphatic rings. The largest absolute Gasteiger partial charge is 0.466 e. The van der Waals surface area contributed by atoms with Crippen molar-refractivity contribution >= 4 is 17.5 Å². The molecule has 1 saturated heterocycles. The normalized spacial score (nSPS) is 18.1. The van der Waals surface area contributed by atoms with Crippen LogP contribution < -0.4 is 0 Å². The van der Waals surface area contributed by atoms with Gasteiger partial charge in [0, 0.05) is 24.3 Å². The third-order valence-electron chi connectivity index (χ3n) is 4.04. The van der Waals surface area contributed by atoms with Crippen molar-refractivity contribution in [2.75, 3.05) is 13.2 Å². The molecule has 8 heteroatoms. The molecule has 0 aliphatic carbocycles. The van der Waals surface area contributed by atoms with Crippen LogP contribution in [0.4, 0.5) is 0 Å². The SMILES string of the molecule is CCOC(=O)CC1CCCCN1C(=O)c1ccn2nnnc2c1. The third-order valence-corrected chi connectivity index (χ3v) is 4.04. The fourth-order valence-corrected chi connectivity index (χ4v) is 2.93. The van der Waals surface area contributed by atoms with Crippen LogP contribution in [0.1, 0.15) is 43.0 Å². The highest BCUT2D eigenvalue weighted by molar-refractivity contribution is 5.95. The number of hydrogen-bond donors (Lipinski definition) is 0. The Bertz CT molecular complexity index is 714. The van der Waals surface area contributed by atoms with Crippen LogP contribution in [-0.4, -0.2) is 56.0 Å². The molecular weight excluding hydrogens is 298 g/mol. The first kappa shape index (κ1) is 15.4. The summed E-state index contributed by atoms with van der Waals surface area (Å²) < 4.78 is 6.52. The predicted octanol–water partition coefficient (Wildman–Crippen LogP) is 1.07. The average molecular weight is 317 g/mol. The summed E-state index contributed by atoms with van der Waals surface area (Å²) in [5.41, 5.74) is 1.05. The maximum absolute atomic E-state index is 12.8. The zero-order valence-corrected chi connectivity index (χ0v) is 13.0. The highest BCUT2D eigenvalue weighted by Gasteiger charge is 2.29. The number of ether oxygens (including phenoxy) is 1. The summed E-state index contributed by atoms with van der Waals surface area (Å²) in [5.74, 6) is -0.348. The molecule has 1 amide bonds. The molecule has 0 aromatic carbocycles. The molecule has 0 N–H and O–H groups in total. The zero-order valence-electron chi connectivity index (χ0n) is 13.0. The molecule has 3 rings (SSSR count). The van der Waals surface area contributed by atoms with Gasteiger partial charge in [0.1, 0.15) is 0 Å². The van der Waals surface area contributed by atoms with Crippen LogP contribution in [0.25, 0.3) is 5.65 Å². The number of pyridine rings is 1. The van der Waals surface area contributed by atoms with Gasteiger partial charge in [-0.1, -0.05) is 0 Å². The Morgan fingerprint density at radius 1 is 1.39 bits per heavy atom. The first-order valence-electron chi connectivity index (χ1n) is 7.83. The van der Waals surface area contributed by atoms with E-state index in [9.17, 15) is 9.59 Å². The second kappa shape index (κ2) is 6.72. The average Bonchev–Trinajstić information content (AvgIpc) is 3.02. The first-order valence-corrected chi connectivity index (χ1v) is 7.83. The van der Waals surface area contributed by atoms with Crippen LogP contribution in [0.3, 0.4) is 0 Å². The van der Waals surface area contributed by atoms with Gasteiger partial charge in [0.15, 0.2) is 5.65 Å². The fraction of sp³-hybridized carbons (Fsp3) is 0.533. The Kier molecular flexibility index (Phi) is 4.50. The first-order chi connectivity index (χ1) is 11.2. The number of likely N-dealkylation sites (tertiary alicyclic amines) is 1. The number of amides is 1. The van der Waals surface area contributed by atoms with Crippen molar-refractivity contribution < 1.29 is 14.3 Å². The molecule has 0 bridgehead atoms. The summed E-state index contributed by atoms with van der Waals surface area (Å²) in [7, 11) is 0. The number of esters is 1. The molecule has 8 nitrogen and oxygen atoms in total. The topological polar surface area (TPSA) is 89.7 Å². The number of rotatable bonds is 4. The van der Waals surface area contributed by atoms with Crippen LogP contribution >= 0.6 is 0 Å². The number of carbonyl (C=O) groups is 2. The molecular formula is C15H19N5O3. The van der Waals surface area contributed by atoms with E-state index in [-0.39, 0.29) is 24.3 Å². The van der Waals surface area contributed by atoms with Gasteiger partial charge in [-0.25, -0.2) is 4.52 Å². The van der Waals surface area contributed by atoms with E-state index < -0.39 is 0 Å². The molecule has 1 aliphatic heterocycles. The van der Waals surface area contributed by atoms with Crippen molar-refractivity contribution in [3.8, 4) is 0 Å². The van der Waals surface area contributed by atoms with Gasteiger partial charge in [0.25, 0.3) is 5.91 Å². The molecule has 2 aromatic rings. The van der Waals surface area contributed by atoms with E-state index in [0.29, 0.717) is 24.4 Å². The Morgan fingerprint density at radius 2 is 2.26 bits per heavy atom. The van der Waals surface area contributed by atoms with Gasteiger partial charge >= 0.3 is 5.97 Å². The van der Waals surface area contributed by atoms with Crippen molar-refractivity contribution in [3.63, 3.8) is 0 Å². The minimum Gasteiger partial charge on any atom is -0.466 e. The summed E-state index contributed by atoms with van der Waals surface area (Å²) >= 11 is 0. The molecule has 0 radical (unpaired) electrons. The zero-order chi connectivity index (χ0) is 16.2. The Hall–Kier alpha value is -2.51. The van der Waals surface area contributed by atoms with E-state index in [1.807, 2.05) is 0 Å². The molecule has 1 fully saturated rings. The van der Waals surface area contributed by atoms with E-state index in [4.69, 9.17) is 4.74 Å². The maximum Gasteiger partial charge on any atom is 0.307 e. The van der Waals surface area contributed by atoms with E-state index in [2.05, 4.69) is 15.5 Å². The number of fused-ring (bicyclic) bond motifs is 1. The van der Waals surface area contributed by atoms with E-state index in [1.165, 1.54) is 4.52 Å². The van der Waals surface area contributed by atoms with Crippen molar-refractivity contribution in [3.05, 3.63) is 23.9 Å². The maximum atomic E-state index is 12.8. The van der Waals surface area contributed by atoms with Gasteiger partial charge in [0.2, 0.25) is 0 Å². The number of piperidine rings is 1. The summed E-state index contributed by atoms with van der Waals surface area (Å²) in [4.78, 5) is 26.4. The molecule has 1 unspecified atom stereocenters. The third kappa shape index (κ3) is 3.30. The standard InChI is InChI=1S/C15H19N5O3/c1-2-23-14(21)10-12-5-3-4-7-19(12)15(22)11-6-8-20-13(9-11)16-17-18-20/h6,8-9,12H,2-5,7,10H2,1H3. The lowest BCUT2D eigenvalue weighted by molar-refractivity contribution is -0.144. The van der Waals surface area contributed by atoms with Gasteiger partial charge in [-0.15, -0.1) is 5.10 Å². The molecule has 2 aromatic heterocycles. The van der Waals surface area contributed by atoms with Gasteiger partial charge in [-0.3, -0.25) is 9.59 Å². The molecule has 0 saturated carbocycles. The second-order valence-corrected chi connectivity index (χ2v) is 5.55. The molecule has 3 heterocycles. The van der Waals surface area contributed by atoms with Crippen molar-refractivity contribution in [1.29, 1.82) is 0 Å². The molecule has 122 valence electrons. The van der Waals surface area contributed by atoms with Gasteiger partial charge in [-0.2, -0.15) is 0 Å². The summed E-state index contributed by atoms with van der Waals surface area (Å²) in [6.07, 6.45) is 4.68. The Labute approximate surface area is 133 Å². The van der Waals surface area contributed by atoms with Crippen LogP contribution in [-0.2, 0) is 9.53 Å². The monoisotopic (exact) mass is 317 g/mol. The van der Waals surface area contributed by atoms with Crippen LogP contribution in [0, 0.1) is 0 Å². The quantitative estimate of drug-likeness (QED) is 0.784. The van der Waals surface area contributed by atoms with Crippen molar-refractivity contribution in [2.24, 2.45) is 0 Å². The van der Waals surface area contributed by atoms with E-state index >= 15 is 0 Å². The Balaban J connectivity index is 1.78. The van der Waals surface area contributed by atoms with Crippen molar-refractivity contribution in [2.45, 2.75) is 38.6 Å². The predicted molar refractivity (Wildman–Crippen MR) is 80.7 cm³/mol. The number of aromatic nitrogens is 4. The van der Waals surface area contributed by atoms with Crippen LogP contribution in [0.15, 0.2) is 18.3 Å². The van der Waals surface area contributed by atoms with Crippen LogP contribution in [0.5, 0.6) is 0 Å². The minimum absolute atomic E-state index is 0.0931. The lowest BCUT2D eigenvalue weighted by atomic mass is 9.98. The summed E-state index contributed by atoms with van der Waals surface area (Å²) in [6, 6.07) is 3.25. The Morgan fingerprint density at radius 3 is 3.09 bits per heavy atom. The lowest BCUT2D eigenvalue weighted by Gasteiger charge is -2.35. The highest BCUT2D eigenvalue weighted by Crippen LogP contribution is 2.22. The molecule has 0 spiro atoms. The number of carbonyl (C=O) groups excluding carboxylic acids is 2. The van der Waals surface area contributed by atoms with E-state index in [1.54, 1.807) is 30.2 Å². The lowest BCUT2D eigenvalue weighted by Crippen LogP contribution is -2.45. The smallest absolute Gasteiger partial charge is 0.307 e. The summed E-state index contributed by atoms with van der Waals surface area (Å²) in [5, 5.41) is 11.2. The molecule has 23 heavy (non-hydrogen) atoms. The van der Waals surface area contributed by atoms with Gasteiger partial charge < -0.3 is 9.64 Å². The van der Waals surface area contributed by atoms with Crippen LogP contribution in [0.2, 0.25) is 0 Å².